The lowest BCUT2D eigenvalue weighted by Gasteiger charge is -2.24. The Hall–Kier alpha value is -3.46. The molecule has 1 aromatic heterocycles. The van der Waals surface area contributed by atoms with E-state index < -0.39 is 29.8 Å². The van der Waals surface area contributed by atoms with Gasteiger partial charge in [0, 0.05) is 41.7 Å². The molecule has 2 amide bonds. The van der Waals surface area contributed by atoms with Gasteiger partial charge in [0.25, 0.3) is 0 Å². The van der Waals surface area contributed by atoms with Gasteiger partial charge in [-0.25, -0.2) is 8.78 Å². The van der Waals surface area contributed by atoms with Crippen LogP contribution in [0.15, 0.2) is 42.6 Å². The van der Waals surface area contributed by atoms with Crippen LogP contribution in [0.4, 0.5) is 8.78 Å². The van der Waals surface area contributed by atoms with Crippen molar-refractivity contribution in [3.63, 3.8) is 0 Å². The zero-order valence-corrected chi connectivity index (χ0v) is 19.9. The predicted octanol–water partition coefficient (Wildman–Crippen LogP) is 3.90. The largest absolute Gasteiger partial charge is 0.497 e. The van der Waals surface area contributed by atoms with E-state index in [0.717, 1.165) is 0 Å². The highest BCUT2D eigenvalue weighted by molar-refractivity contribution is 6.30. The predicted molar refractivity (Wildman–Crippen MR) is 127 cm³/mol. The van der Waals surface area contributed by atoms with Crippen molar-refractivity contribution in [1.82, 2.24) is 14.8 Å². The van der Waals surface area contributed by atoms with Crippen LogP contribution in [0, 0.1) is 5.82 Å². The first kappa shape index (κ1) is 24.7. The summed E-state index contributed by atoms with van der Waals surface area (Å²) in [6, 6.07) is 8.56. The molecule has 3 aromatic rings. The number of carbonyl (C=O) groups is 3. The molecular weight excluding hydrogens is 480 g/mol. The Morgan fingerprint density at radius 2 is 2.00 bits per heavy atom. The second-order valence-electron chi connectivity index (χ2n) is 8.44. The lowest BCUT2D eigenvalue weighted by atomic mass is 10.1. The summed E-state index contributed by atoms with van der Waals surface area (Å²) in [6.07, 6.45) is 0.0469. The van der Waals surface area contributed by atoms with Gasteiger partial charge in [-0.3, -0.25) is 14.4 Å². The second-order valence-corrected chi connectivity index (χ2v) is 8.84. The highest BCUT2D eigenvalue weighted by Crippen LogP contribution is 2.28. The van der Waals surface area contributed by atoms with Gasteiger partial charge in [-0.2, -0.15) is 0 Å². The smallest absolute Gasteiger partial charge is 0.243 e. The highest BCUT2D eigenvalue weighted by atomic mass is 35.5. The Morgan fingerprint density at radius 1 is 1.23 bits per heavy atom. The van der Waals surface area contributed by atoms with Crippen molar-refractivity contribution in [1.29, 1.82) is 0 Å². The van der Waals surface area contributed by atoms with E-state index in [1.165, 1.54) is 31.1 Å². The molecule has 0 saturated carbocycles. The van der Waals surface area contributed by atoms with Crippen molar-refractivity contribution in [2.75, 3.05) is 13.7 Å². The van der Waals surface area contributed by atoms with E-state index in [1.807, 2.05) is 0 Å². The maximum Gasteiger partial charge on any atom is 0.243 e. The number of nitrogens with one attached hydrogen (secondary N) is 1. The van der Waals surface area contributed by atoms with Crippen LogP contribution in [0.25, 0.3) is 10.9 Å². The van der Waals surface area contributed by atoms with E-state index in [-0.39, 0.29) is 42.4 Å². The minimum atomic E-state index is -1.37. The topological polar surface area (TPSA) is 80.6 Å². The number of rotatable bonds is 7. The van der Waals surface area contributed by atoms with Crippen LogP contribution in [-0.2, 0) is 22.7 Å². The third kappa shape index (κ3) is 5.00. The number of hydrogen-bond acceptors (Lipinski definition) is 4. The monoisotopic (exact) mass is 503 g/mol. The van der Waals surface area contributed by atoms with Crippen LogP contribution in [0.3, 0.4) is 0 Å². The minimum Gasteiger partial charge on any atom is -0.497 e. The first-order valence-electron chi connectivity index (χ1n) is 11.0. The number of nitrogens with zero attached hydrogens (tertiary/aromatic N) is 2. The zero-order chi connectivity index (χ0) is 25.3. The summed E-state index contributed by atoms with van der Waals surface area (Å²) >= 11 is 5.78. The molecule has 1 aliphatic heterocycles. The Labute approximate surface area is 205 Å². The van der Waals surface area contributed by atoms with Gasteiger partial charge in [-0.1, -0.05) is 23.7 Å². The van der Waals surface area contributed by atoms with E-state index in [4.69, 9.17) is 16.3 Å². The third-order valence-corrected chi connectivity index (χ3v) is 6.42. The summed E-state index contributed by atoms with van der Waals surface area (Å²) in [5.41, 5.74) is 1.23. The SMILES string of the molecule is COc1ccc2c(C(C)=O)cn(CC(=O)N3C[C@H](F)C[C@H]3C(=O)NCc3cccc(Cl)c3F)c2c1. The van der Waals surface area contributed by atoms with Crippen molar-refractivity contribution in [3.05, 3.63) is 64.6 Å². The molecule has 0 spiro atoms. The Bertz CT molecular complexity index is 1310. The summed E-state index contributed by atoms with van der Waals surface area (Å²) in [6.45, 7) is 0.855. The fourth-order valence-corrected chi connectivity index (χ4v) is 4.53. The first-order chi connectivity index (χ1) is 16.7. The van der Waals surface area contributed by atoms with Crippen LogP contribution < -0.4 is 10.1 Å². The van der Waals surface area contributed by atoms with Gasteiger partial charge in [-0.05, 0) is 25.1 Å². The maximum atomic E-state index is 14.3. The molecule has 4 rings (SSSR count). The van der Waals surface area contributed by atoms with Crippen molar-refractivity contribution in [2.24, 2.45) is 0 Å². The summed E-state index contributed by atoms with van der Waals surface area (Å²) < 4.78 is 35.3. The Balaban J connectivity index is 1.53. The number of aromatic nitrogens is 1. The van der Waals surface area contributed by atoms with Gasteiger partial charge in [0.2, 0.25) is 11.8 Å². The van der Waals surface area contributed by atoms with Crippen molar-refractivity contribution in [2.45, 2.75) is 38.6 Å². The number of ether oxygens (including phenoxy) is 1. The number of amides is 2. The molecule has 2 aromatic carbocycles. The van der Waals surface area contributed by atoms with Crippen LogP contribution in [-0.4, -0.2) is 52.9 Å². The maximum absolute atomic E-state index is 14.3. The molecule has 2 heterocycles. The Kier molecular flexibility index (Phi) is 7.07. The molecule has 2 atom stereocenters. The van der Waals surface area contributed by atoms with Crippen molar-refractivity contribution >= 4 is 40.1 Å². The summed E-state index contributed by atoms with van der Waals surface area (Å²) in [7, 11) is 1.51. The number of alkyl halides is 1. The molecular formula is C25H24ClF2N3O4. The number of ketones is 1. The molecule has 10 heteroatoms. The van der Waals surface area contributed by atoms with Gasteiger partial charge in [0.05, 0.1) is 24.2 Å². The minimum absolute atomic E-state index is 0.0706. The van der Waals surface area contributed by atoms with Gasteiger partial charge < -0.3 is 19.5 Å². The quantitative estimate of drug-likeness (QED) is 0.496. The number of methoxy groups -OCH3 is 1. The second kappa shape index (κ2) is 10.0. The van der Waals surface area contributed by atoms with Crippen LogP contribution in [0.1, 0.15) is 29.3 Å². The fourth-order valence-electron chi connectivity index (χ4n) is 4.34. The Morgan fingerprint density at radius 3 is 2.71 bits per heavy atom. The van der Waals surface area contributed by atoms with E-state index in [1.54, 1.807) is 35.0 Å². The number of likely N-dealkylation sites (tertiary alicyclic amines) is 1. The zero-order valence-electron chi connectivity index (χ0n) is 19.2. The van der Waals surface area contributed by atoms with Gasteiger partial charge >= 0.3 is 0 Å². The molecule has 7 nitrogen and oxygen atoms in total. The van der Waals surface area contributed by atoms with Gasteiger partial charge in [0.1, 0.15) is 30.3 Å². The standard InChI is InChI=1S/C25H24ClF2N3O4/c1-14(32)19-12-30(21-9-17(35-2)6-7-18(19)21)13-23(33)31-11-16(27)8-22(31)25(34)29-10-15-4-3-5-20(26)24(15)28/h3-7,9,12,16,22H,8,10-11,13H2,1-2H3,(H,29,34)/t16-,22+/m1/s1. The normalized spacial score (nSPS) is 17.6. The third-order valence-electron chi connectivity index (χ3n) is 6.13. The van der Waals surface area contributed by atoms with Gasteiger partial charge in [0.15, 0.2) is 5.78 Å². The molecule has 0 bridgehead atoms. The van der Waals surface area contributed by atoms with E-state index in [9.17, 15) is 23.2 Å². The highest BCUT2D eigenvalue weighted by Gasteiger charge is 2.39. The average molecular weight is 504 g/mol. The molecule has 1 saturated heterocycles. The van der Waals surface area contributed by atoms with E-state index in [2.05, 4.69) is 5.32 Å². The molecule has 0 radical (unpaired) electrons. The molecule has 1 fully saturated rings. The molecule has 0 aliphatic carbocycles. The lowest BCUT2D eigenvalue weighted by Crippen LogP contribution is -2.46. The molecule has 0 unspecified atom stereocenters. The van der Waals surface area contributed by atoms with E-state index >= 15 is 0 Å². The fraction of sp³-hybridized carbons (Fsp3) is 0.320. The summed E-state index contributed by atoms with van der Waals surface area (Å²) in [5, 5.41) is 3.17. The van der Waals surface area contributed by atoms with Crippen LogP contribution >= 0.6 is 11.6 Å². The van der Waals surface area contributed by atoms with Crippen LogP contribution in [0.5, 0.6) is 5.75 Å². The lowest BCUT2D eigenvalue weighted by molar-refractivity contribution is -0.139. The number of benzene rings is 2. The number of hydrogen-bond donors (Lipinski definition) is 1. The summed E-state index contributed by atoms with van der Waals surface area (Å²) in [5.74, 6) is -1.32. The van der Waals surface area contributed by atoms with Crippen LogP contribution in [0.2, 0.25) is 5.02 Å². The number of Topliss-reactive ketones (excluding diaryl/α,β-unsaturated/α-hetero) is 1. The molecule has 1 aliphatic rings. The summed E-state index contributed by atoms with van der Waals surface area (Å²) in [4.78, 5) is 39.3. The number of fused-ring (bicyclic) bond motifs is 1. The number of carbonyl (C=O) groups excluding carboxylic acids is 3. The molecule has 1 N–H and O–H groups in total. The number of halogens is 3. The van der Waals surface area contributed by atoms with Crippen molar-refractivity contribution in [3.8, 4) is 5.75 Å². The van der Waals surface area contributed by atoms with E-state index in [0.29, 0.717) is 22.2 Å². The molecule has 35 heavy (non-hydrogen) atoms. The van der Waals surface area contributed by atoms with Gasteiger partial charge in [-0.15, -0.1) is 0 Å². The average Bonchev–Trinajstić information content (AvgIpc) is 3.40. The van der Waals surface area contributed by atoms with Crippen molar-refractivity contribution < 1.29 is 27.9 Å². The molecule has 184 valence electrons. The first-order valence-corrected chi connectivity index (χ1v) is 11.4.